The lowest BCUT2D eigenvalue weighted by Gasteiger charge is -2.26. The molecule has 0 aromatic rings. The van der Waals surface area contributed by atoms with Crippen LogP contribution in [0.3, 0.4) is 0 Å². The predicted octanol–water partition coefficient (Wildman–Crippen LogP) is 2.16. The molecule has 1 spiro atoms. The number of amides is 1. The standard InChI is InChI=1S/C19H23NO4/c1-11(2)13-5-3-12(4-6-13)9-20-10-19-8-7-14(24-19)15(18(22)23)16(19)17(20)21/h3,7-8,13-16H,1,4-6,9-10H2,2H3,(H,22,23)/t13-,14-,15-,16+,19+/m0/s1. The molecule has 0 saturated carbocycles. The zero-order valence-electron chi connectivity index (χ0n) is 13.9. The van der Waals surface area contributed by atoms with Crippen molar-refractivity contribution in [3.05, 3.63) is 36.0 Å². The number of ether oxygens (including phenoxy) is 1. The molecule has 24 heavy (non-hydrogen) atoms. The van der Waals surface area contributed by atoms with Crippen molar-refractivity contribution >= 4 is 11.9 Å². The van der Waals surface area contributed by atoms with Gasteiger partial charge >= 0.3 is 5.97 Å². The molecule has 5 nitrogen and oxygen atoms in total. The molecule has 5 atom stereocenters. The number of carboxylic acid groups (broad SMARTS) is 1. The molecule has 128 valence electrons. The number of carbonyl (C=O) groups excluding carboxylic acids is 1. The van der Waals surface area contributed by atoms with E-state index in [1.165, 1.54) is 11.1 Å². The highest BCUT2D eigenvalue weighted by Gasteiger charge is 2.67. The number of allylic oxidation sites excluding steroid dienone is 2. The average Bonchev–Trinajstić information content (AvgIpc) is 3.16. The van der Waals surface area contributed by atoms with E-state index >= 15 is 0 Å². The summed E-state index contributed by atoms with van der Waals surface area (Å²) >= 11 is 0. The van der Waals surface area contributed by atoms with Gasteiger partial charge < -0.3 is 14.7 Å². The molecule has 2 saturated heterocycles. The molecule has 3 aliphatic heterocycles. The maximum Gasteiger partial charge on any atom is 0.310 e. The van der Waals surface area contributed by atoms with Crippen molar-refractivity contribution in [2.75, 3.05) is 13.1 Å². The summed E-state index contributed by atoms with van der Waals surface area (Å²) < 4.78 is 5.91. The number of fused-ring (bicyclic) bond motifs is 1. The van der Waals surface area contributed by atoms with Crippen molar-refractivity contribution in [3.8, 4) is 0 Å². The first kappa shape index (κ1) is 15.6. The minimum absolute atomic E-state index is 0.0721. The Hall–Kier alpha value is -1.88. The molecule has 3 heterocycles. The van der Waals surface area contributed by atoms with E-state index in [1.54, 1.807) is 4.90 Å². The van der Waals surface area contributed by atoms with Crippen LogP contribution in [0.1, 0.15) is 26.2 Å². The maximum atomic E-state index is 12.8. The molecular weight excluding hydrogens is 306 g/mol. The molecule has 5 heteroatoms. The molecule has 1 N–H and O–H groups in total. The van der Waals surface area contributed by atoms with Gasteiger partial charge in [0.2, 0.25) is 5.91 Å². The fourth-order valence-electron chi connectivity index (χ4n) is 4.72. The summed E-state index contributed by atoms with van der Waals surface area (Å²) in [6.45, 7) is 7.16. The van der Waals surface area contributed by atoms with Crippen molar-refractivity contribution in [2.45, 2.75) is 37.9 Å². The number of likely N-dealkylation sites (tertiary alicyclic amines) is 1. The number of hydrogen-bond donors (Lipinski definition) is 1. The van der Waals surface area contributed by atoms with Crippen LogP contribution in [0.2, 0.25) is 0 Å². The third kappa shape index (κ3) is 2.18. The highest BCUT2D eigenvalue weighted by atomic mass is 16.5. The zero-order chi connectivity index (χ0) is 17.1. The summed E-state index contributed by atoms with van der Waals surface area (Å²) in [6.07, 6.45) is 8.52. The van der Waals surface area contributed by atoms with Gasteiger partial charge in [0.25, 0.3) is 0 Å². The van der Waals surface area contributed by atoms with E-state index in [0.717, 1.165) is 19.3 Å². The molecule has 2 bridgehead atoms. The second kappa shape index (κ2) is 5.31. The lowest BCUT2D eigenvalue weighted by Crippen LogP contribution is -2.39. The van der Waals surface area contributed by atoms with Crippen LogP contribution in [0.15, 0.2) is 36.0 Å². The van der Waals surface area contributed by atoms with Crippen molar-refractivity contribution in [1.29, 1.82) is 0 Å². The summed E-state index contributed by atoms with van der Waals surface area (Å²) in [5.41, 5.74) is 1.76. The molecule has 0 aromatic heterocycles. The number of nitrogens with zero attached hydrogens (tertiary/aromatic N) is 1. The lowest BCUT2D eigenvalue weighted by molar-refractivity contribution is -0.148. The summed E-state index contributed by atoms with van der Waals surface area (Å²) in [5.74, 6) is -1.79. The Kier molecular flexibility index (Phi) is 3.46. The Morgan fingerprint density at radius 3 is 2.96 bits per heavy atom. The average molecular weight is 329 g/mol. The van der Waals surface area contributed by atoms with E-state index in [9.17, 15) is 14.7 Å². The van der Waals surface area contributed by atoms with E-state index in [2.05, 4.69) is 19.6 Å². The van der Waals surface area contributed by atoms with Gasteiger partial charge in [-0.05, 0) is 32.1 Å². The number of hydrogen-bond acceptors (Lipinski definition) is 3. The van der Waals surface area contributed by atoms with Crippen LogP contribution in [0, 0.1) is 17.8 Å². The Labute approximate surface area is 141 Å². The predicted molar refractivity (Wildman–Crippen MR) is 88.2 cm³/mol. The van der Waals surface area contributed by atoms with E-state index in [4.69, 9.17) is 4.74 Å². The van der Waals surface area contributed by atoms with Gasteiger partial charge in [-0.15, -0.1) is 0 Å². The monoisotopic (exact) mass is 329 g/mol. The first-order chi connectivity index (χ1) is 11.4. The largest absolute Gasteiger partial charge is 0.481 e. The fourth-order valence-corrected chi connectivity index (χ4v) is 4.72. The first-order valence-electron chi connectivity index (χ1n) is 8.63. The van der Waals surface area contributed by atoms with Crippen LogP contribution < -0.4 is 0 Å². The fraction of sp³-hybridized carbons (Fsp3) is 0.579. The Balaban J connectivity index is 1.50. The third-order valence-corrected chi connectivity index (χ3v) is 6.06. The van der Waals surface area contributed by atoms with Crippen LogP contribution in [0.25, 0.3) is 0 Å². The molecule has 0 aromatic carbocycles. The van der Waals surface area contributed by atoms with Gasteiger partial charge in [-0.2, -0.15) is 0 Å². The normalized spacial score (nSPS) is 40.0. The van der Waals surface area contributed by atoms with Crippen LogP contribution in [-0.2, 0) is 14.3 Å². The highest BCUT2D eigenvalue weighted by molar-refractivity contribution is 5.90. The Morgan fingerprint density at radius 1 is 1.54 bits per heavy atom. The molecule has 2 fully saturated rings. The van der Waals surface area contributed by atoms with Crippen LogP contribution in [0.5, 0.6) is 0 Å². The summed E-state index contributed by atoms with van der Waals surface area (Å²) in [6, 6.07) is 0. The van der Waals surface area contributed by atoms with Crippen molar-refractivity contribution < 1.29 is 19.4 Å². The quantitative estimate of drug-likeness (QED) is 0.803. The highest BCUT2D eigenvalue weighted by Crippen LogP contribution is 2.52. The molecular formula is C19H23NO4. The smallest absolute Gasteiger partial charge is 0.310 e. The SMILES string of the molecule is C=C(C)[C@H]1CC=C(CN2C[C@@]34C=C[C@H](O3)[C@H](C(=O)O)[C@@H]4C2=O)CC1. The van der Waals surface area contributed by atoms with Gasteiger partial charge in [-0.25, -0.2) is 0 Å². The molecule has 0 radical (unpaired) electrons. The second-order valence-corrected chi connectivity index (χ2v) is 7.61. The van der Waals surface area contributed by atoms with Crippen LogP contribution in [-0.4, -0.2) is 46.7 Å². The number of aliphatic carboxylic acids is 1. The minimum Gasteiger partial charge on any atom is -0.481 e. The molecule has 1 aliphatic carbocycles. The summed E-state index contributed by atoms with van der Waals surface area (Å²) in [7, 11) is 0. The van der Waals surface area contributed by atoms with Crippen LogP contribution in [0.4, 0.5) is 0 Å². The van der Waals surface area contributed by atoms with Gasteiger partial charge in [0.05, 0.1) is 18.6 Å². The first-order valence-corrected chi connectivity index (χ1v) is 8.63. The molecule has 4 rings (SSSR count). The zero-order valence-corrected chi connectivity index (χ0v) is 13.9. The van der Waals surface area contributed by atoms with Gasteiger partial charge in [-0.1, -0.05) is 36.0 Å². The number of rotatable bonds is 4. The molecule has 0 unspecified atom stereocenters. The minimum atomic E-state index is -0.937. The lowest BCUT2D eigenvalue weighted by atomic mass is 9.77. The van der Waals surface area contributed by atoms with Gasteiger partial charge in [0.1, 0.15) is 11.5 Å². The molecule has 4 aliphatic rings. The van der Waals surface area contributed by atoms with E-state index in [0.29, 0.717) is 19.0 Å². The summed E-state index contributed by atoms with van der Waals surface area (Å²) in [4.78, 5) is 26.2. The van der Waals surface area contributed by atoms with Crippen LogP contribution >= 0.6 is 0 Å². The second-order valence-electron chi connectivity index (χ2n) is 7.61. The van der Waals surface area contributed by atoms with Crippen molar-refractivity contribution in [1.82, 2.24) is 4.90 Å². The van der Waals surface area contributed by atoms with Gasteiger partial charge in [0.15, 0.2) is 0 Å². The molecule has 1 amide bonds. The van der Waals surface area contributed by atoms with Crippen molar-refractivity contribution in [3.63, 3.8) is 0 Å². The Morgan fingerprint density at radius 2 is 2.33 bits per heavy atom. The Bertz CT molecular complexity index is 679. The van der Waals surface area contributed by atoms with Crippen molar-refractivity contribution in [2.24, 2.45) is 17.8 Å². The maximum absolute atomic E-state index is 12.8. The topological polar surface area (TPSA) is 66.8 Å². The summed E-state index contributed by atoms with van der Waals surface area (Å²) in [5, 5.41) is 9.48. The number of carboxylic acids is 1. The van der Waals surface area contributed by atoms with Gasteiger partial charge in [0, 0.05) is 6.54 Å². The van der Waals surface area contributed by atoms with E-state index in [-0.39, 0.29) is 5.91 Å². The van der Waals surface area contributed by atoms with E-state index in [1.807, 2.05) is 12.2 Å². The number of carbonyl (C=O) groups is 2. The van der Waals surface area contributed by atoms with Gasteiger partial charge in [-0.3, -0.25) is 9.59 Å². The third-order valence-electron chi connectivity index (χ3n) is 6.06. The van der Waals surface area contributed by atoms with E-state index < -0.39 is 29.5 Å².